The second-order valence-electron chi connectivity index (χ2n) is 5.68. The Hall–Kier alpha value is -2.13. The van der Waals surface area contributed by atoms with Gasteiger partial charge in [-0.2, -0.15) is 5.26 Å². The van der Waals surface area contributed by atoms with Crippen LogP contribution in [-0.4, -0.2) is 62.0 Å². The first-order valence-electron chi connectivity index (χ1n) is 7.34. The van der Waals surface area contributed by atoms with E-state index in [0.29, 0.717) is 31.9 Å². The summed E-state index contributed by atoms with van der Waals surface area (Å²) in [4.78, 5) is 17.7. The third kappa shape index (κ3) is 3.20. The number of likely N-dealkylation sites (N-methyl/N-ethyl adjacent to an activating group) is 1. The third-order valence-corrected chi connectivity index (χ3v) is 4.10. The van der Waals surface area contributed by atoms with Gasteiger partial charge in [-0.05, 0) is 19.1 Å². The lowest BCUT2D eigenvalue weighted by atomic mass is 10.1. The maximum Gasteiger partial charge on any atom is 0.239 e. The Labute approximate surface area is 130 Å². The summed E-state index contributed by atoms with van der Waals surface area (Å²) in [5.41, 5.74) is 0.724. The van der Waals surface area contributed by atoms with E-state index in [1.807, 2.05) is 17.9 Å². The predicted molar refractivity (Wildman–Crippen MR) is 83.1 cm³/mol. The number of benzene rings is 1. The van der Waals surface area contributed by atoms with E-state index in [-0.39, 0.29) is 17.5 Å². The highest BCUT2D eigenvalue weighted by Gasteiger charge is 2.27. The van der Waals surface area contributed by atoms with Gasteiger partial charge in [0, 0.05) is 40.3 Å². The quantitative estimate of drug-likeness (QED) is 0.844. The molecule has 118 valence electrons. The van der Waals surface area contributed by atoms with Crippen molar-refractivity contribution in [1.29, 1.82) is 5.26 Å². The molecular weight excluding hydrogens is 283 g/mol. The summed E-state index contributed by atoms with van der Waals surface area (Å²) in [6.07, 6.45) is 0. The second kappa shape index (κ2) is 6.75. The van der Waals surface area contributed by atoms with Gasteiger partial charge < -0.3 is 9.80 Å². The van der Waals surface area contributed by atoms with Gasteiger partial charge >= 0.3 is 0 Å². The molecule has 0 radical (unpaired) electrons. The number of hydrogen-bond acceptors (Lipinski definition) is 4. The van der Waals surface area contributed by atoms with Crippen LogP contribution in [0.3, 0.4) is 0 Å². The van der Waals surface area contributed by atoms with Crippen molar-refractivity contribution in [2.75, 3.05) is 45.2 Å². The normalized spacial score (nSPS) is 17.0. The Morgan fingerprint density at radius 1 is 1.32 bits per heavy atom. The molecule has 1 amide bonds. The molecule has 1 saturated heterocycles. The molecule has 0 N–H and O–H groups in total. The minimum Gasteiger partial charge on any atom is -0.368 e. The summed E-state index contributed by atoms with van der Waals surface area (Å²) in [7, 11) is 3.50. The molecule has 1 aliphatic rings. The molecular formula is C16H21FN4O. The Bertz CT molecular complexity index is 588. The zero-order valence-corrected chi connectivity index (χ0v) is 13.2. The maximum absolute atomic E-state index is 13.7. The molecule has 0 bridgehead atoms. The minimum absolute atomic E-state index is 0.0805. The number of nitriles is 1. The molecule has 1 aromatic carbocycles. The number of amides is 1. The standard InChI is InChI=1S/C16H21FN4O/c1-12(16(22)19(2)3)20-7-9-21(10-8-20)15-6-4-5-14(17)13(15)11-18/h4-6,12H,7-10H2,1-3H3. The van der Waals surface area contributed by atoms with Crippen molar-refractivity contribution in [3.63, 3.8) is 0 Å². The molecule has 0 aromatic heterocycles. The predicted octanol–water partition coefficient (Wildman–Crippen LogP) is 1.30. The topological polar surface area (TPSA) is 50.6 Å². The molecule has 1 heterocycles. The number of piperazine rings is 1. The third-order valence-electron chi connectivity index (χ3n) is 4.10. The van der Waals surface area contributed by atoms with E-state index >= 15 is 0 Å². The molecule has 1 fully saturated rings. The number of anilines is 1. The lowest BCUT2D eigenvalue weighted by molar-refractivity contribution is -0.133. The van der Waals surface area contributed by atoms with Gasteiger partial charge in [-0.3, -0.25) is 9.69 Å². The van der Waals surface area contributed by atoms with Gasteiger partial charge in [0.1, 0.15) is 17.4 Å². The SMILES string of the molecule is CC(C(=O)N(C)C)N1CCN(c2cccc(F)c2C#N)CC1. The smallest absolute Gasteiger partial charge is 0.239 e. The van der Waals surface area contributed by atoms with Crippen LogP contribution >= 0.6 is 0 Å². The average molecular weight is 304 g/mol. The largest absolute Gasteiger partial charge is 0.368 e. The zero-order chi connectivity index (χ0) is 16.3. The van der Waals surface area contributed by atoms with Crippen LogP contribution < -0.4 is 4.90 Å². The van der Waals surface area contributed by atoms with Crippen LogP contribution in [0.5, 0.6) is 0 Å². The van der Waals surface area contributed by atoms with Crippen molar-refractivity contribution in [3.8, 4) is 6.07 Å². The fourth-order valence-electron chi connectivity index (χ4n) is 2.77. The molecule has 1 aliphatic heterocycles. The van der Waals surface area contributed by atoms with E-state index in [0.717, 1.165) is 0 Å². The van der Waals surface area contributed by atoms with E-state index in [1.54, 1.807) is 31.1 Å². The van der Waals surface area contributed by atoms with Gasteiger partial charge in [-0.1, -0.05) is 6.07 Å². The van der Waals surface area contributed by atoms with Crippen LogP contribution in [-0.2, 0) is 4.79 Å². The van der Waals surface area contributed by atoms with Gasteiger partial charge in [0.25, 0.3) is 0 Å². The number of carbonyl (C=O) groups excluding carboxylic acids is 1. The molecule has 0 saturated carbocycles. The van der Waals surface area contributed by atoms with Crippen molar-refractivity contribution in [2.24, 2.45) is 0 Å². The summed E-state index contributed by atoms with van der Waals surface area (Å²) in [5, 5.41) is 9.13. The molecule has 1 atom stereocenters. The highest BCUT2D eigenvalue weighted by molar-refractivity contribution is 5.81. The van der Waals surface area contributed by atoms with E-state index < -0.39 is 5.82 Å². The lowest BCUT2D eigenvalue weighted by Gasteiger charge is -2.39. The van der Waals surface area contributed by atoms with Crippen molar-refractivity contribution in [3.05, 3.63) is 29.6 Å². The summed E-state index contributed by atoms with van der Waals surface area (Å²) in [6.45, 7) is 4.66. The van der Waals surface area contributed by atoms with Crippen molar-refractivity contribution >= 4 is 11.6 Å². The number of carbonyl (C=O) groups is 1. The first-order chi connectivity index (χ1) is 10.5. The molecule has 22 heavy (non-hydrogen) atoms. The van der Waals surface area contributed by atoms with Crippen LogP contribution in [0.4, 0.5) is 10.1 Å². The molecule has 0 aliphatic carbocycles. The minimum atomic E-state index is -0.487. The summed E-state index contributed by atoms with van der Waals surface area (Å²) < 4.78 is 13.7. The van der Waals surface area contributed by atoms with Crippen molar-refractivity contribution in [1.82, 2.24) is 9.80 Å². The first kappa shape index (κ1) is 16.2. The van der Waals surface area contributed by atoms with Gasteiger partial charge in [0.2, 0.25) is 5.91 Å². The number of halogens is 1. The Morgan fingerprint density at radius 2 is 1.95 bits per heavy atom. The summed E-state index contributed by atoms with van der Waals surface area (Å²) in [5.74, 6) is -0.407. The number of rotatable bonds is 3. The molecule has 1 unspecified atom stereocenters. The fraction of sp³-hybridized carbons (Fsp3) is 0.500. The fourth-order valence-corrected chi connectivity index (χ4v) is 2.77. The second-order valence-corrected chi connectivity index (χ2v) is 5.68. The Morgan fingerprint density at radius 3 is 2.50 bits per heavy atom. The van der Waals surface area contributed by atoms with Crippen LogP contribution in [0, 0.1) is 17.1 Å². The van der Waals surface area contributed by atoms with Gasteiger partial charge in [0.15, 0.2) is 0 Å². The summed E-state index contributed by atoms with van der Waals surface area (Å²) >= 11 is 0. The van der Waals surface area contributed by atoms with E-state index in [2.05, 4.69) is 4.90 Å². The van der Waals surface area contributed by atoms with Gasteiger partial charge in [0.05, 0.1) is 11.7 Å². The Kier molecular flexibility index (Phi) is 4.99. The van der Waals surface area contributed by atoms with Crippen LogP contribution in [0.15, 0.2) is 18.2 Å². The zero-order valence-electron chi connectivity index (χ0n) is 13.2. The molecule has 1 aromatic rings. The van der Waals surface area contributed by atoms with E-state index in [9.17, 15) is 9.18 Å². The molecule has 5 nitrogen and oxygen atoms in total. The highest BCUT2D eigenvalue weighted by atomic mass is 19.1. The van der Waals surface area contributed by atoms with Gasteiger partial charge in [-0.25, -0.2) is 4.39 Å². The van der Waals surface area contributed by atoms with Crippen LogP contribution in [0.2, 0.25) is 0 Å². The summed E-state index contributed by atoms with van der Waals surface area (Å²) in [6, 6.07) is 6.46. The highest BCUT2D eigenvalue weighted by Crippen LogP contribution is 2.24. The number of hydrogen-bond donors (Lipinski definition) is 0. The monoisotopic (exact) mass is 304 g/mol. The molecule has 2 rings (SSSR count). The maximum atomic E-state index is 13.7. The van der Waals surface area contributed by atoms with E-state index in [4.69, 9.17) is 5.26 Å². The Balaban J connectivity index is 2.06. The van der Waals surface area contributed by atoms with Crippen molar-refractivity contribution < 1.29 is 9.18 Å². The number of nitrogens with zero attached hydrogens (tertiary/aromatic N) is 4. The lowest BCUT2D eigenvalue weighted by Crippen LogP contribution is -2.53. The van der Waals surface area contributed by atoms with Gasteiger partial charge in [-0.15, -0.1) is 0 Å². The average Bonchev–Trinajstić information content (AvgIpc) is 2.53. The van der Waals surface area contributed by atoms with Crippen molar-refractivity contribution in [2.45, 2.75) is 13.0 Å². The molecule has 6 heteroatoms. The van der Waals surface area contributed by atoms with Crippen LogP contribution in [0.1, 0.15) is 12.5 Å². The van der Waals surface area contributed by atoms with Crippen LogP contribution in [0.25, 0.3) is 0 Å². The van der Waals surface area contributed by atoms with E-state index in [1.165, 1.54) is 6.07 Å². The first-order valence-corrected chi connectivity index (χ1v) is 7.34. The molecule has 0 spiro atoms.